The van der Waals surface area contributed by atoms with E-state index in [0.717, 1.165) is 37.2 Å². The maximum Gasteiger partial charge on any atom is 0.161 e. The molecule has 1 aromatic carbocycles. The Hall–Kier alpha value is -1.22. The molecule has 0 spiro atoms. The smallest absolute Gasteiger partial charge is 0.161 e. The number of aryl methyl sites for hydroxylation is 1. The monoisotopic (exact) mass is 292 g/mol. The largest absolute Gasteiger partial charge is 0.493 e. The molecule has 21 heavy (non-hydrogen) atoms. The van der Waals surface area contributed by atoms with E-state index < -0.39 is 0 Å². The fourth-order valence-corrected chi connectivity index (χ4v) is 3.19. The summed E-state index contributed by atoms with van der Waals surface area (Å²) in [7, 11) is 1.67. The molecule has 0 aromatic heterocycles. The number of aliphatic hydroxyl groups excluding tert-OH is 1. The van der Waals surface area contributed by atoms with Crippen molar-refractivity contribution in [1.82, 2.24) is 0 Å². The van der Waals surface area contributed by atoms with E-state index in [1.165, 1.54) is 18.4 Å². The van der Waals surface area contributed by atoms with Crippen molar-refractivity contribution in [2.24, 2.45) is 5.92 Å². The van der Waals surface area contributed by atoms with Gasteiger partial charge in [-0.25, -0.2) is 0 Å². The van der Waals surface area contributed by atoms with Crippen LogP contribution < -0.4 is 9.47 Å². The SMILES string of the molecule is CCCC1CCC(O)C(Oc2ccc(CC)cc2OC)C1. The summed E-state index contributed by atoms with van der Waals surface area (Å²) in [5, 5.41) is 10.2. The number of benzene rings is 1. The summed E-state index contributed by atoms with van der Waals surface area (Å²) in [4.78, 5) is 0. The Balaban J connectivity index is 2.08. The van der Waals surface area contributed by atoms with Gasteiger partial charge in [0.15, 0.2) is 11.5 Å². The van der Waals surface area contributed by atoms with Crippen LogP contribution in [0.1, 0.15) is 51.5 Å². The number of aliphatic hydroxyl groups is 1. The summed E-state index contributed by atoms with van der Waals surface area (Å²) in [5.74, 6) is 2.18. The second-order valence-electron chi connectivity index (χ2n) is 6.03. The quantitative estimate of drug-likeness (QED) is 0.862. The minimum atomic E-state index is -0.367. The molecule has 0 radical (unpaired) electrons. The number of hydrogen-bond donors (Lipinski definition) is 1. The molecule has 1 aliphatic rings. The minimum absolute atomic E-state index is 0.114. The Morgan fingerprint density at radius 2 is 2.00 bits per heavy atom. The zero-order valence-electron chi connectivity index (χ0n) is 13.5. The van der Waals surface area contributed by atoms with Crippen LogP contribution in [0.3, 0.4) is 0 Å². The molecule has 1 fully saturated rings. The molecule has 1 N–H and O–H groups in total. The predicted octanol–water partition coefficient (Wildman–Crippen LogP) is 3.97. The van der Waals surface area contributed by atoms with Gasteiger partial charge in [-0.2, -0.15) is 0 Å². The van der Waals surface area contributed by atoms with Gasteiger partial charge < -0.3 is 14.6 Å². The molecular weight excluding hydrogens is 264 g/mol. The molecule has 0 heterocycles. The highest BCUT2D eigenvalue weighted by molar-refractivity contribution is 5.43. The second-order valence-corrected chi connectivity index (χ2v) is 6.03. The van der Waals surface area contributed by atoms with Crippen LogP contribution in [0, 0.1) is 5.92 Å². The number of ether oxygens (including phenoxy) is 2. The molecule has 0 amide bonds. The highest BCUT2D eigenvalue weighted by Crippen LogP contribution is 2.34. The Bertz CT molecular complexity index is 444. The summed E-state index contributed by atoms with van der Waals surface area (Å²) < 4.78 is 11.5. The van der Waals surface area contributed by atoms with Crippen molar-refractivity contribution >= 4 is 0 Å². The molecule has 2 rings (SSSR count). The molecule has 3 atom stereocenters. The summed E-state index contributed by atoms with van der Waals surface area (Å²) in [6.45, 7) is 4.34. The molecule has 1 aromatic rings. The van der Waals surface area contributed by atoms with E-state index in [1.807, 2.05) is 12.1 Å². The Labute approximate surface area is 128 Å². The lowest BCUT2D eigenvalue weighted by Crippen LogP contribution is -2.38. The van der Waals surface area contributed by atoms with Crippen molar-refractivity contribution in [3.8, 4) is 11.5 Å². The van der Waals surface area contributed by atoms with E-state index in [2.05, 4.69) is 19.9 Å². The third-order valence-electron chi connectivity index (χ3n) is 4.48. The van der Waals surface area contributed by atoms with Gasteiger partial charge in [-0.1, -0.05) is 32.8 Å². The van der Waals surface area contributed by atoms with E-state index in [1.54, 1.807) is 7.11 Å². The van der Waals surface area contributed by atoms with Gasteiger partial charge in [0.25, 0.3) is 0 Å². The van der Waals surface area contributed by atoms with E-state index >= 15 is 0 Å². The molecule has 3 unspecified atom stereocenters. The van der Waals surface area contributed by atoms with Gasteiger partial charge in [-0.15, -0.1) is 0 Å². The first-order valence-electron chi connectivity index (χ1n) is 8.19. The lowest BCUT2D eigenvalue weighted by molar-refractivity contribution is -0.0127. The van der Waals surface area contributed by atoms with Crippen molar-refractivity contribution in [2.45, 2.75) is 64.6 Å². The Morgan fingerprint density at radius 3 is 2.67 bits per heavy atom. The van der Waals surface area contributed by atoms with Crippen LogP contribution in [0.25, 0.3) is 0 Å². The van der Waals surface area contributed by atoms with Crippen LogP contribution in [-0.4, -0.2) is 24.4 Å². The van der Waals surface area contributed by atoms with Crippen LogP contribution in [0.15, 0.2) is 18.2 Å². The lowest BCUT2D eigenvalue weighted by atomic mass is 9.83. The first-order chi connectivity index (χ1) is 10.2. The topological polar surface area (TPSA) is 38.7 Å². The summed E-state index contributed by atoms with van der Waals surface area (Å²) in [5.41, 5.74) is 1.23. The van der Waals surface area contributed by atoms with Crippen LogP contribution in [0.4, 0.5) is 0 Å². The van der Waals surface area contributed by atoms with E-state index in [4.69, 9.17) is 9.47 Å². The van der Waals surface area contributed by atoms with Gasteiger partial charge in [0.2, 0.25) is 0 Å². The molecule has 0 aliphatic heterocycles. The summed E-state index contributed by atoms with van der Waals surface area (Å²) in [6.07, 6.45) is 5.80. The molecule has 3 heteroatoms. The van der Waals surface area contributed by atoms with Crippen molar-refractivity contribution in [3.63, 3.8) is 0 Å². The summed E-state index contributed by atoms with van der Waals surface area (Å²) >= 11 is 0. The summed E-state index contributed by atoms with van der Waals surface area (Å²) in [6, 6.07) is 6.05. The minimum Gasteiger partial charge on any atom is -0.493 e. The van der Waals surface area contributed by atoms with Gasteiger partial charge in [-0.05, 0) is 49.3 Å². The van der Waals surface area contributed by atoms with Crippen molar-refractivity contribution in [3.05, 3.63) is 23.8 Å². The molecule has 1 aliphatic carbocycles. The van der Waals surface area contributed by atoms with Crippen LogP contribution in [0.2, 0.25) is 0 Å². The molecule has 118 valence electrons. The highest BCUT2D eigenvalue weighted by atomic mass is 16.5. The fourth-order valence-electron chi connectivity index (χ4n) is 3.19. The van der Waals surface area contributed by atoms with Gasteiger partial charge in [-0.3, -0.25) is 0 Å². The molecule has 1 saturated carbocycles. The predicted molar refractivity (Wildman–Crippen MR) is 85.0 cm³/mol. The van der Waals surface area contributed by atoms with E-state index in [9.17, 15) is 5.11 Å². The Kier molecular flexibility index (Phi) is 5.92. The van der Waals surface area contributed by atoms with E-state index in [-0.39, 0.29) is 12.2 Å². The second kappa shape index (κ2) is 7.69. The fraction of sp³-hybridized carbons (Fsp3) is 0.667. The zero-order valence-corrected chi connectivity index (χ0v) is 13.5. The number of hydrogen-bond acceptors (Lipinski definition) is 3. The van der Waals surface area contributed by atoms with E-state index in [0.29, 0.717) is 5.92 Å². The highest BCUT2D eigenvalue weighted by Gasteiger charge is 2.30. The maximum atomic E-state index is 10.2. The Morgan fingerprint density at radius 1 is 1.19 bits per heavy atom. The van der Waals surface area contributed by atoms with Gasteiger partial charge >= 0.3 is 0 Å². The first-order valence-corrected chi connectivity index (χ1v) is 8.19. The zero-order chi connectivity index (χ0) is 15.2. The van der Waals surface area contributed by atoms with Crippen molar-refractivity contribution in [1.29, 1.82) is 0 Å². The number of rotatable bonds is 6. The lowest BCUT2D eigenvalue weighted by Gasteiger charge is -2.33. The van der Waals surface area contributed by atoms with Gasteiger partial charge in [0, 0.05) is 0 Å². The molecule has 0 bridgehead atoms. The average molecular weight is 292 g/mol. The average Bonchev–Trinajstić information content (AvgIpc) is 2.51. The van der Waals surface area contributed by atoms with Crippen LogP contribution in [-0.2, 0) is 6.42 Å². The van der Waals surface area contributed by atoms with Crippen LogP contribution in [0.5, 0.6) is 11.5 Å². The third-order valence-corrected chi connectivity index (χ3v) is 4.48. The maximum absolute atomic E-state index is 10.2. The molecule has 0 saturated heterocycles. The van der Waals surface area contributed by atoms with Crippen molar-refractivity contribution in [2.75, 3.05) is 7.11 Å². The first kappa shape index (κ1) is 16.2. The third kappa shape index (κ3) is 4.13. The standard InChI is InChI=1S/C18H28O3/c1-4-6-14-7-9-15(19)17(12-14)21-16-10-8-13(5-2)11-18(16)20-3/h8,10-11,14-15,17,19H,4-7,9,12H2,1-3H3. The molecular formula is C18H28O3. The molecule has 3 nitrogen and oxygen atoms in total. The van der Waals surface area contributed by atoms with Gasteiger partial charge in [0.05, 0.1) is 13.2 Å². The van der Waals surface area contributed by atoms with Gasteiger partial charge in [0.1, 0.15) is 6.10 Å². The van der Waals surface area contributed by atoms with Crippen LogP contribution >= 0.6 is 0 Å². The van der Waals surface area contributed by atoms with Crippen molar-refractivity contribution < 1.29 is 14.6 Å². The number of methoxy groups -OCH3 is 1. The normalized spacial score (nSPS) is 25.6.